The van der Waals surface area contributed by atoms with Crippen molar-refractivity contribution < 1.29 is 22.9 Å². The molecule has 0 aliphatic carbocycles. The fourth-order valence-electron chi connectivity index (χ4n) is 2.54. The van der Waals surface area contributed by atoms with E-state index in [0.717, 1.165) is 30.6 Å². The molecule has 0 fully saturated rings. The van der Waals surface area contributed by atoms with Crippen molar-refractivity contribution in [3.8, 4) is 0 Å². The first kappa shape index (κ1) is 20.7. The molecule has 0 radical (unpaired) electrons. The number of nitrogens with one attached hydrogen (secondary N) is 2. The normalized spacial score (nSPS) is 11.1. The number of nitrogens with zero attached hydrogens (tertiary/aromatic N) is 3. The number of rotatable bonds is 6. The summed E-state index contributed by atoms with van der Waals surface area (Å²) in [5.41, 5.74) is -0.235. The Morgan fingerprint density at radius 3 is 1.80 bits per heavy atom. The average molecular weight is 417 g/mol. The highest BCUT2D eigenvalue weighted by Crippen LogP contribution is 2.34. The van der Waals surface area contributed by atoms with Gasteiger partial charge in [0.1, 0.15) is 6.33 Å². The van der Waals surface area contributed by atoms with Crippen LogP contribution >= 0.6 is 0 Å². The summed E-state index contributed by atoms with van der Waals surface area (Å²) < 4.78 is 38.1. The van der Waals surface area contributed by atoms with Crippen LogP contribution in [0.1, 0.15) is 22.8 Å². The summed E-state index contributed by atoms with van der Waals surface area (Å²) in [6.45, 7) is 1.41. The first-order valence-electron chi connectivity index (χ1n) is 8.47. The number of carbonyl (C=O) groups excluding carboxylic acids is 1. The van der Waals surface area contributed by atoms with Crippen molar-refractivity contribution in [3.05, 3.63) is 76.1 Å². The van der Waals surface area contributed by atoms with Gasteiger partial charge in [0.2, 0.25) is 11.6 Å². The maximum atomic E-state index is 12.7. The molecule has 0 unspecified atom stereocenters. The third kappa shape index (κ3) is 4.69. The van der Waals surface area contributed by atoms with E-state index in [9.17, 15) is 28.1 Å². The van der Waals surface area contributed by atoms with Crippen LogP contribution in [0.3, 0.4) is 0 Å². The minimum Gasteiger partial charge on any atom is -0.334 e. The zero-order valence-corrected chi connectivity index (χ0v) is 15.4. The van der Waals surface area contributed by atoms with E-state index in [-0.39, 0.29) is 23.1 Å². The van der Waals surface area contributed by atoms with Gasteiger partial charge in [0, 0.05) is 16.9 Å². The molecule has 1 heterocycles. The molecule has 0 aliphatic rings. The molecule has 0 aliphatic heterocycles. The standard InChI is InChI=1S/C19H14F3N5O3/c1-11(28)12-2-6-14(7-3-12)25-17-16(27(29)30)18(24-10-23-17)26-15-8-4-13(5-9-15)19(20,21)22/h2-10H,1H3,(H2,23,24,25,26). The number of carbonyl (C=O) groups is 1. The van der Waals surface area contributed by atoms with E-state index in [0.29, 0.717) is 11.3 Å². The summed E-state index contributed by atoms with van der Waals surface area (Å²) >= 11 is 0. The molecule has 30 heavy (non-hydrogen) atoms. The van der Waals surface area contributed by atoms with Crippen molar-refractivity contribution in [2.75, 3.05) is 10.6 Å². The molecule has 0 spiro atoms. The van der Waals surface area contributed by atoms with E-state index >= 15 is 0 Å². The van der Waals surface area contributed by atoms with Crippen LogP contribution < -0.4 is 10.6 Å². The number of alkyl halides is 3. The first-order valence-corrected chi connectivity index (χ1v) is 8.47. The summed E-state index contributed by atoms with van der Waals surface area (Å²) in [6.07, 6.45) is -3.42. The molecular formula is C19H14F3N5O3. The van der Waals surface area contributed by atoms with Gasteiger partial charge < -0.3 is 10.6 Å². The van der Waals surface area contributed by atoms with Crippen LogP contribution in [-0.2, 0) is 6.18 Å². The van der Waals surface area contributed by atoms with E-state index < -0.39 is 22.4 Å². The monoisotopic (exact) mass is 417 g/mol. The number of anilines is 4. The van der Waals surface area contributed by atoms with Crippen LogP contribution in [0.2, 0.25) is 0 Å². The molecule has 0 saturated heterocycles. The Kier molecular flexibility index (Phi) is 5.63. The minimum absolute atomic E-state index is 0.125. The summed E-state index contributed by atoms with van der Waals surface area (Å²) in [7, 11) is 0. The Bertz CT molecular complexity index is 1080. The molecule has 8 nitrogen and oxygen atoms in total. The number of hydrogen-bond donors (Lipinski definition) is 2. The second-order valence-corrected chi connectivity index (χ2v) is 6.14. The predicted molar refractivity (Wildman–Crippen MR) is 103 cm³/mol. The molecule has 1 aromatic heterocycles. The zero-order valence-electron chi connectivity index (χ0n) is 15.4. The Balaban J connectivity index is 1.89. The SMILES string of the molecule is CC(=O)c1ccc(Nc2ncnc(Nc3ccc(C(F)(F)F)cc3)c2[N+](=O)[O-])cc1. The summed E-state index contributed by atoms with van der Waals surface area (Å²) in [4.78, 5) is 30.0. The number of benzene rings is 2. The predicted octanol–water partition coefficient (Wildman–Crippen LogP) is 5.09. The highest BCUT2D eigenvalue weighted by molar-refractivity contribution is 5.94. The molecule has 11 heteroatoms. The second kappa shape index (κ2) is 8.15. The zero-order chi connectivity index (χ0) is 21.9. The highest BCUT2D eigenvalue weighted by atomic mass is 19.4. The smallest absolute Gasteiger partial charge is 0.334 e. The second-order valence-electron chi connectivity index (χ2n) is 6.14. The van der Waals surface area contributed by atoms with Gasteiger partial charge in [-0.15, -0.1) is 0 Å². The van der Waals surface area contributed by atoms with E-state index in [1.54, 1.807) is 24.3 Å². The molecular weight excluding hydrogens is 403 g/mol. The van der Waals surface area contributed by atoms with Gasteiger partial charge in [0.25, 0.3) is 0 Å². The molecule has 0 atom stereocenters. The van der Waals surface area contributed by atoms with Gasteiger partial charge in [-0.25, -0.2) is 9.97 Å². The minimum atomic E-state index is -4.49. The topological polar surface area (TPSA) is 110 Å². The van der Waals surface area contributed by atoms with Crippen LogP contribution in [0.4, 0.5) is 41.9 Å². The van der Waals surface area contributed by atoms with Crippen molar-refractivity contribution in [1.82, 2.24) is 9.97 Å². The van der Waals surface area contributed by atoms with Crippen molar-refractivity contribution in [2.45, 2.75) is 13.1 Å². The number of nitro groups is 1. The average Bonchev–Trinajstić information content (AvgIpc) is 2.68. The van der Waals surface area contributed by atoms with Crippen molar-refractivity contribution in [2.24, 2.45) is 0 Å². The van der Waals surface area contributed by atoms with Gasteiger partial charge >= 0.3 is 11.9 Å². The largest absolute Gasteiger partial charge is 0.416 e. The number of Topliss-reactive ketones (excluding diaryl/α,β-unsaturated/α-hetero) is 1. The highest BCUT2D eigenvalue weighted by Gasteiger charge is 2.30. The molecule has 0 saturated carbocycles. The fraction of sp³-hybridized carbons (Fsp3) is 0.105. The van der Waals surface area contributed by atoms with Crippen LogP contribution in [0.5, 0.6) is 0 Å². The third-order valence-corrected chi connectivity index (χ3v) is 4.03. The van der Waals surface area contributed by atoms with Gasteiger partial charge in [0.15, 0.2) is 5.78 Å². The number of ketones is 1. The maximum Gasteiger partial charge on any atom is 0.416 e. The molecule has 2 N–H and O–H groups in total. The molecule has 0 amide bonds. The van der Waals surface area contributed by atoms with Gasteiger partial charge in [-0.2, -0.15) is 13.2 Å². The lowest BCUT2D eigenvalue weighted by Gasteiger charge is -2.11. The van der Waals surface area contributed by atoms with Crippen LogP contribution in [0.25, 0.3) is 0 Å². The first-order chi connectivity index (χ1) is 14.1. The molecule has 0 bridgehead atoms. The van der Waals surface area contributed by atoms with Crippen LogP contribution in [-0.4, -0.2) is 20.7 Å². The van der Waals surface area contributed by atoms with Crippen LogP contribution in [0, 0.1) is 10.1 Å². The van der Waals surface area contributed by atoms with E-state index in [1.807, 2.05) is 0 Å². The van der Waals surface area contributed by atoms with E-state index in [4.69, 9.17) is 0 Å². The molecule has 3 rings (SSSR count). The van der Waals surface area contributed by atoms with E-state index in [2.05, 4.69) is 20.6 Å². The summed E-state index contributed by atoms with van der Waals surface area (Å²) in [6, 6.07) is 10.2. The third-order valence-electron chi connectivity index (χ3n) is 4.03. The molecule has 154 valence electrons. The molecule has 3 aromatic rings. The summed E-state index contributed by atoms with van der Waals surface area (Å²) in [5.74, 6) is -0.449. The van der Waals surface area contributed by atoms with Crippen molar-refractivity contribution >= 4 is 34.5 Å². The van der Waals surface area contributed by atoms with Gasteiger partial charge in [0.05, 0.1) is 10.5 Å². The summed E-state index contributed by atoms with van der Waals surface area (Å²) in [5, 5.41) is 17.0. The Morgan fingerprint density at radius 2 is 1.40 bits per heavy atom. The number of hydrogen-bond acceptors (Lipinski definition) is 7. The van der Waals surface area contributed by atoms with Gasteiger partial charge in [-0.05, 0) is 55.5 Å². The number of halogens is 3. The maximum absolute atomic E-state index is 12.7. The Labute approximate surface area is 167 Å². The van der Waals surface area contributed by atoms with E-state index in [1.165, 1.54) is 6.92 Å². The quantitative estimate of drug-likeness (QED) is 0.326. The Hall–Kier alpha value is -4.02. The van der Waals surface area contributed by atoms with Crippen molar-refractivity contribution in [1.29, 1.82) is 0 Å². The lowest BCUT2D eigenvalue weighted by atomic mass is 10.1. The lowest BCUT2D eigenvalue weighted by Crippen LogP contribution is -2.07. The number of aromatic nitrogens is 2. The van der Waals surface area contributed by atoms with Crippen LogP contribution in [0.15, 0.2) is 54.9 Å². The molecule has 2 aromatic carbocycles. The van der Waals surface area contributed by atoms with Gasteiger partial charge in [-0.1, -0.05) is 0 Å². The Morgan fingerprint density at radius 1 is 0.933 bits per heavy atom. The lowest BCUT2D eigenvalue weighted by molar-refractivity contribution is -0.383. The fourth-order valence-corrected chi connectivity index (χ4v) is 2.54. The van der Waals surface area contributed by atoms with Crippen molar-refractivity contribution in [3.63, 3.8) is 0 Å². The van der Waals surface area contributed by atoms with Gasteiger partial charge in [-0.3, -0.25) is 14.9 Å².